The number of halogens is 1. The first kappa shape index (κ1) is 14.1. The first-order valence-electron chi connectivity index (χ1n) is 6.64. The molecule has 19 heavy (non-hydrogen) atoms. The second-order valence-electron chi connectivity index (χ2n) is 4.86. The largest absolute Gasteiger partial charge is 0.379 e. The van der Waals surface area contributed by atoms with Crippen LogP contribution in [-0.4, -0.2) is 9.78 Å². The van der Waals surface area contributed by atoms with Crippen molar-refractivity contribution >= 4 is 21.6 Å². The topological polar surface area (TPSA) is 29.9 Å². The summed E-state index contributed by atoms with van der Waals surface area (Å²) in [5.41, 5.74) is 3.46. The average molecular weight is 322 g/mol. The van der Waals surface area contributed by atoms with Gasteiger partial charge in [-0.25, -0.2) is 0 Å². The van der Waals surface area contributed by atoms with Crippen LogP contribution in [0, 0.1) is 6.92 Å². The number of nitrogens with one attached hydrogen (secondary N) is 1. The van der Waals surface area contributed by atoms with E-state index < -0.39 is 0 Å². The predicted octanol–water partition coefficient (Wildman–Crippen LogP) is 4.54. The van der Waals surface area contributed by atoms with Crippen LogP contribution in [0.1, 0.15) is 37.6 Å². The zero-order valence-corrected chi connectivity index (χ0v) is 13.2. The first-order valence-corrected chi connectivity index (χ1v) is 7.43. The normalized spacial score (nSPS) is 12.4. The summed E-state index contributed by atoms with van der Waals surface area (Å²) in [6, 6.07) is 8.79. The minimum Gasteiger partial charge on any atom is -0.379 e. The first-order chi connectivity index (χ1) is 9.10. The maximum Gasteiger partial charge on any atom is 0.0815 e. The zero-order chi connectivity index (χ0) is 13.8. The quantitative estimate of drug-likeness (QED) is 0.876. The van der Waals surface area contributed by atoms with Crippen molar-refractivity contribution in [1.29, 1.82) is 0 Å². The Labute approximate surface area is 123 Å². The van der Waals surface area contributed by atoms with E-state index in [2.05, 4.69) is 71.5 Å². The van der Waals surface area contributed by atoms with Gasteiger partial charge in [-0.3, -0.25) is 4.68 Å². The Kier molecular flexibility index (Phi) is 4.64. The van der Waals surface area contributed by atoms with Crippen molar-refractivity contribution in [2.24, 2.45) is 0 Å². The molecule has 1 heterocycles. The van der Waals surface area contributed by atoms with Crippen molar-refractivity contribution in [3.63, 3.8) is 0 Å². The van der Waals surface area contributed by atoms with Gasteiger partial charge < -0.3 is 5.32 Å². The minimum atomic E-state index is 0.461. The molecule has 0 aliphatic rings. The molecule has 102 valence electrons. The Morgan fingerprint density at radius 1 is 1.37 bits per heavy atom. The van der Waals surface area contributed by atoms with Crippen LogP contribution in [0.4, 0.5) is 5.69 Å². The molecule has 0 spiro atoms. The van der Waals surface area contributed by atoms with E-state index >= 15 is 0 Å². The van der Waals surface area contributed by atoms with Gasteiger partial charge in [-0.05, 0) is 50.1 Å². The molecule has 2 rings (SSSR count). The molecule has 2 aromatic rings. The highest BCUT2D eigenvalue weighted by Gasteiger charge is 2.05. The van der Waals surface area contributed by atoms with Crippen LogP contribution in [-0.2, 0) is 6.54 Å². The van der Waals surface area contributed by atoms with Gasteiger partial charge in [0.05, 0.1) is 12.2 Å². The molecule has 0 amide bonds. The van der Waals surface area contributed by atoms with Crippen molar-refractivity contribution in [3.05, 3.63) is 46.2 Å². The molecule has 1 aromatic heterocycles. The lowest BCUT2D eigenvalue weighted by atomic mass is 10.2. The van der Waals surface area contributed by atoms with Gasteiger partial charge in [0.2, 0.25) is 0 Å². The molecule has 0 radical (unpaired) electrons. The Bertz CT molecular complexity index is 548. The molecule has 1 unspecified atom stereocenters. The van der Waals surface area contributed by atoms with Crippen molar-refractivity contribution in [3.8, 4) is 0 Å². The maximum atomic E-state index is 4.59. The van der Waals surface area contributed by atoms with Crippen LogP contribution in [0.3, 0.4) is 0 Å². The second kappa shape index (κ2) is 6.24. The number of nitrogens with zero attached hydrogens (tertiary/aromatic N) is 2. The minimum absolute atomic E-state index is 0.461. The fourth-order valence-electron chi connectivity index (χ4n) is 1.92. The lowest BCUT2D eigenvalue weighted by Gasteiger charge is -2.10. The molecule has 0 saturated carbocycles. The molecule has 0 aliphatic heterocycles. The van der Waals surface area contributed by atoms with E-state index in [1.165, 1.54) is 5.56 Å². The summed E-state index contributed by atoms with van der Waals surface area (Å²) in [5.74, 6) is 0. The molecule has 0 fully saturated rings. The molecule has 1 atom stereocenters. The van der Waals surface area contributed by atoms with Crippen LogP contribution in [0.15, 0.2) is 34.9 Å². The molecule has 0 aliphatic carbocycles. The van der Waals surface area contributed by atoms with E-state index in [4.69, 9.17) is 0 Å². The zero-order valence-electron chi connectivity index (χ0n) is 11.7. The molecule has 1 N–H and O–H groups in total. The Balaban J connectivity index is 2.00. The van der Waals surface area contributed by atoms with E-state index in [-0.39, 0.29) is 0 Å². The van der Waals surface area contributed by atoms with Gasteiger partial charge >= 0.3 is 0 Å². The fourth-order valence-corrected chi connectivity index (χ4v) is 2.39. The van der Waals surface area contributed by atoms with Crippen molar-refractivity contribution in [2.45, 2.75) is 39.8 Å². The second-order valence-corrected chi connectivity index (χ2v) is 5.77. The molecule has 4 heteroatoms. The molecule has 0 bridgehead atoms. The number of rotatable bonds is 5. The highest BCUT2D eigenvalue weighted by atomic mass is 79.9. The van der Waals surface area contributed by atoms with E-state index in [0.717, 1.165) is 28.8 Å². The fraction of sp³-hybridized carbons (Fsp3) is 0.400. The molecule has 3 nitrogen and oxygen atoms in total. The van der Waals surface area contributed by atoms with Gasteiger partial charge in [0.15, 0.2) is 0 Å². The van der Waals surface area contributed by atoms with Gasteiger partial charge in [0.1, 0.15) is 0 Å². The summed E-state index contributed by atoms with van der Waals surface area (Å²) in [5, 5.41) is 8.02. The van der Waals surface area contributed by atoms with E-state index in [0.29, 0.717) is 6.04 Å². The molecule has 0 saturated heterocycles. The Morgan fingerprint density at radius 2 is 2.16 bits per heavy atom. The Hall–Kier alpha value is -1.29. The monoisotopic (exact) mass is 321 g/mol. The Morgan fingerprint density at radius 3 is 2.84 bits per heavy atom. The number of aryl methyl sites for hydroxylation is 1. The van der Waals surface area contributed by atoms with Crippen LogP contribution in [0.25, 0.3) is 0 Å². The summed E-state index contributed by atoms with van der Waals surface area (Å²) < 4.78 is 3.14. The van der Waals surface area contributed by atoms with Crippen LogP contribution >= 0.6 is 15.9 Å². The van der Waals surface area contributed by atoms with Crippen LogP contribution in [0.5, 0.6) is 0 Å². The van der Waals surface area contributed by atoms with Crippen LogP contribution in [0.2, 0.25) is 0 Å². The van der Waals surface area contributed by atoms with Gasteiger partial charge in [0.25, 0.3) is 0 Å². The summed E-state index contributed by atoms with van der Waals surface area (Å²) in [6.07, 6.45) is 3.15. The van der Waals surface area contributed by atoms with E-state index in [1.54, 1.807) is 0 Å². The summed E-state index contributed by atoms with van der Waals surface area (Å²) in [6.45, 7) is 7.22. The average Bonchev–Trinajstić information content (AvgIpc) is 2.85. The van der Waals surface area contributed by atoms with Gasteiger partial charge in [0, 0.05) is 22.4 Å². The highest BCUT2D eigenvalue weighted by molar-refractivity contribution is 9.10. The summed E-state index contributed by atoms with van der Waals surface area (Å²) in [7, 11) is 0. The third-order valence-electron chi connectivity index (χ3n) is 3.35. The maximum absolute atomic E-state index is 4.59. The number of hydrogen-bond donors (Lipinski definition) is 1. The van der Waals surface area contributed by atoms with Crippen LogP contribution < -0.4 is 5.32 Å². The summed E-state index contributed by atoms with van der Waals surface area (Å²) >= 11 is 3.48. The number of hydrogen-bond acceptors (Lipinski definition) is 2. The van der Waals surface area contributed by atoms with E-state index in [1.807, 2.05) is 10.7 Å². The lowest BCUT2D eigenvalue weighted by Crippen LogP contribution is -2.07. The van der Waals surface area contributed by atoms with Gasteiger partial charge in [-0.1, -0.05) is 22.9 Å². The third kappa shape index (κ3) is 3.60. The summed E-state index contributed by atoms with van der Waals surface area (Å²) in [4.78, 5) is 0. The number of anilines is 1. The number of aromatic nitrogens is 2. The van der Waals surface area contributed by atoms with Gasteiger partial charge in [-0.2, -0.15) is 5.10 Å². The standard InChI is InChI=1S/C15H20BrN3/c1-4-12(3)19-8-7-14(18-19)10-17-15-6-5-13(16)9-11(15)2/h5-9,12,17H,4,10H2,1-3H3. The molecular formula is C15H20BrN3. The van der Waals surface area contributed by atoms with Gasteiger partial charge in [-0.15, -0.1) is 0 Å². The van der Waals surface area contributed by atoms with Crippen molar-refractivity contribution < 1.29 is 0 Å². The smallest absolute Gasteiger partial charge is 0.0815 e. The third-order valence-corrected chi connectivity index (χ3v) is 3.85. The molecular weight excluding hydrogens is 302 g/mol. The van der Waals surface area contributed by atoms with Crippen molar-refractivity contribution in [1.82, 2.24) is 9.78 Å². The predicted molar refractivity (Wildman–Crippen MR) is 83.4 cm³/mol. The highest BCUT2D eigenvalue weighted by Crippen LogP contribution is 2.20. The number of benzene rings is 1. The SMILES string of the molecule is CCC(C)n1ccc(CNc2ccc(Br)cc2C)n1. The molecule has 1 aromatic carbocycles. The lowest BCUT2D eigenvalue weighted by molar-refractivity contribution is 0.474. The van der Waals surface area contributed by atoms with Crippen molar-refractivity contribution in [2.75, 3.05) is 5.32 Å². The van der Waals surface area contributed by atoms with E-state index in [9.17, 15) is 0 Å².